The number of nitrogens with zero attached hydrogens (tertiary/aromatic N) is 1. The molecule has 5 nitrogen and oxygen atoms in total. The lowest BCUT2D eigenvalue weighted by Crippen LogP contribution is -2.36. The van der Waals surface area contributed by atoms with Crippen LogP contribution in [0.4, 0.5) is 0 Å². The highest BCUT2D eigenvalue weighted by atomic mass is 16.5. The fourth-order valence-electron chi connectivity index (χ4n) is 2.97. The predicted molar refractivity (Wildman–Crippen MR) is 112 cm³/mol. The number of hydrogen-bond donors (Lipinski definition) is 1. The summed E-state index contributed by atoms with van der Waals surface area (Å²) in [6.07, 6.45) is 0.507. The van der Waals surface area contributed by atoms with E-state index in [2.05, 4.69) is 18.7 Å². The molecule has 0 unspecified atom stereocenters. The summed E-state index contributed by atoms with van der Waals surface area (Å²) in [6.45, 7) is 6.89. The van der Waals surface area contributed by atoms with E-state index >= 15 is 0 Å². The summed E-state index contributed by atoms with van der Waals surface area (Å²) < 4.78 is 16.4. The van der Waals surface area contributed by atoms with Crippen LogP contribution in [0.2, 0.25) is 0 Å². The van der Waals surface area contributed by atoms with Crippen molar-refractivity contribution in [3.8, 4) is 17.2 Å². The van der Waals surface area contributed by atoms with Crippen molar-refractivity contribution in [2.45, 2.75) is 32.9 Å². The summed E-state index contributed by atoms with van der Waals surface area (Å²) in [5, 5.41) is 10.5. The summed E-state index contributed by atoms with van der Waals surface area (Å²) in [5.41, 5.74) is 1.12. The van der Waals surface area contributed by atoms with Gasteiger partial charge in [0.1, 0.15) is 18.5 Å². The topological polar surface area (TPSA) is 51.2 Å². The molecular weight excluding hydrogens is 354 g/mol. The first-order valence-electron chi connectivity index (χ1n) is 9.81. The number of ether oxygens (including phenoxy) is 3. The van der Waals surface area contributed by atoms with Gasteiger partial charge in [0.05, 0.1) is 14.2 Å². The third kappa shape index (κ3) is 7.41. The summed E-state index contributed by atoms with van der Waals surface area (Å²) in [7, 11) is 3.28. The van der Waals surface area contributed by atoms with Crippen LogP contribution in [0.1, 0.15) is 25.8 Å². The molecule has 2 aromatic carbocycles. The van der Waals surface area contributed by atoms with E-state index in [1.165, 1.54) is 0 Å². The van der Waals surface area contributed by atoms with E-state index in [0.717, 1.165) is 42.3 Å². The Morgan fingerprint density at radius 1 is 0.964 bits per heavy atom. The molecule has 0 amide bonds. The van der Waals surface area contributed by atoms with Gasteiger partial charge < -0.3 is 19.3 Å². The molecular formula is C23H33NO4. The van der Waals surface area contributed by atoms with Gasteiger partial charge in [0.2, 0.25) is 0 Å². The number of benzene rings is 2. The van der Waals surface area contributed by atoms with Crippen LogP contribution in [0.15, 0.2) is 48.5 Å². The lowest BCUT2D eigenvalue weighted by molar-refractivity contribution is 0.0639. The Bertz CT molecular complexity index is 690. The second-order valence-electron chi connectivity index (χ2n) is 7.38. The molecule has 2 rings (SSSR count). The second kappa shape index (κ2) is 11.6. The van der Waals surface area contributed by atoms with Crippen LogP contribution in [0, 0.1) is 5.92 Å². The maximum atomic E-state index is 10.5. The smallest absolute Gasteiger partial charge is 0.161 e. The Morgan fingerprint density at radius 3 is 2.32 bits per heavy atom. The second-order valence-corrected chi connectivity index (χ2v) is 7.38. The monoisotopic (exact) mass is 387 g/mol. The largest absolute Gasteiger partial charge is 0.493 e. The van der Waals surface area contributed by atoms with Crippen LogP contribution >= 0.6 is 0 Å². The van der Waals surface area contributed by atoms with Gasteiger partial charge >= 0.3 is 0 Å². The zero-order chi connectivity index (χ0) is 20.4. The van der Waals surface area contributed by atoms with Crippen LogP contribution in [-0.2, 0) is 6.54 Å². The number of para-hydroxylation sites is 1. The number of hydrogen-bond acceptors (Lipinski definition) is 5. The third-order valence-electron chi connectivity index (χ3n) is 4.53. The van der Waals surface area contributed by atoms with Gasteiger partial charge in [0, 0.05) is 13.1 Å². The molecule has 0 bridgehead atoms. The standard InChI is InChI=1S/C23H33NO4/c1-18(2)12-13-24(15-19-10-11-22(26-3)23(14-19)27-4)16-20(25)17-28-21-8-6-5-7-9-21/h5-11,14,18,20,25H,12-13,15-17H2,1-4H3/t20-/m1/s1. The summed E-state index contributed by atoms with van der Waals surface area (Å²) in [6, 6.07) is 15.5. The van der Waals surface area contributed by atoms with Crippen molar-refractivity contribution in [2.75, 3.05) is 33.9 Å². The predicted octanol–water partition coefficient (Wildman–Crippen LogP) is 3.99. The zero-order valence-corrected chi connectivity index (χ0v) is 17.4. The van der Waals surface area contributed by atoms with Crippen molar-refractivity contribution in [1.82, 2.24) is 4.90 Å². The van der Waals surface area contributed by atoms with Crippen LogP contribution in [-0.4, -0.2) is 50.0 Å². The first kappa shape index (κ1) is 22.1. The SMILES string of the molecule is COc1ccc(CN(CCC(C)C)C[C@@H](O)COc2ccccc2)cc1OC. The van der Waals surface area contributed by atoms with E-state index in [1.807, 2.05) is 48.5 Å². The highest BCUT2D eigenvalue weighted by molar-refractivity contribution is 5.42. The zero-order valence-electron chi connectivity index (χ0n) is 17.4. The number of aliphatic hydroxyl groups is 1. The minimum absolute atomic E-state index is 0.272. The Labute approximate surface area is 168 Å². The Kier molecular flexibility index (Phi) is 9.11. The molecule has 0 saturated heterocycles. The Hall–Kier alpha value is -2.24. The van der Waals surface area contributed by atoms with Crippen LogP contribution < -0.4 is 14.2 Å². The molecule has 0 heterocycles. The normalized spacial score (nSPS) is 12.2. The lowest BCUT2D eigenvalue weighted by Gasteiger charge is -2.26. The van der Waals surface area contributed by atoms with Gasteiger partial charge in [-0.1, -0.05) is 38.1 Å². The van der Waals surface area contributed by atoms with E-state index in [9.17, 15) is 5.11 Å². The van der Waals surface area contributed by atoms with Gasteiger partial charge in [-0.15, -0.1) is 0 Å². The van der Waals surface area contributed by atoms with Gasteiger partial charge in [-0.2, -0.15) is 0 Å². The van der Waals surface area contributed by atoms with Crippen molar-refractivity contribution < 1.29 is 19.3 Å². The van der Waals surface area contributed by atoms with E-state index in [1.54, 1.807) is 14.2 Å². The number of aliphatic hydroxyl groups excluding tert-OH is 1. The average molecular weight is 388 g/mol. The summed E-state index contributed by atoms with van der Waals surface area (Å²) in [4.78, 5) is 2.26. The summed E-state index contributed by atoms with van der Waals surface area (Å²) in [5.74, 6) is 2.81. The lowest BCUT2D eigenvalue weighted by atomic mass is 10.1. The molecule has 0 fully saturated rings. The Morgan fingerprint density at radius 2 is 1.68 bits per heavy atom. The molecule has 0 aliphatic carbocycles. The third-order valence-corrected chi connectivity index (χ3v) is 4.53. The average Bonchev–Trinajstić information content (AvgIpc) is 2.71. The highest BCUT2D eigenvalue weighted by Crippen LogP contribution is 2.28. The first-order valence-corrected chi connectivity index (χ1v) is 9.81. The van der Waals surface area contributed by atoms with Crippen molar-refractivity contribution in [3.05, 3.63) is 54.1 Å². The van der Waals surface area contributed by atoms with Gasteiger partial charge in [-0.25, -0.2) is 0 Å². The first-order chi connectivity index (χ1) is 13.5. The van der Waals surface area contributed by atoms with E-state index < -0.39 is 6.10 Å². The fourth-order valence-corrected chi connectivity index (χ4v) is 2.97. The van der Waals surface area contributed by atoms with E-state index in [0.29, 0.717) is 12.5 Å². The maximum Gasteiger partial charge on any atom is 0.161 e. The van der Waals surface area contributed by atoms with Gasteiger partial charge in [-0.05, 0) is 48.7 Å². The molecule has 28 heavy (non-hydrogen) atoms. The molecule has 1 atom stereocenters. The maximum absolute atomic E-state index is 10.5. The van der Waals surface area contributed by atoms with E-state index in [4.69, 9.17) is 14.2 Å². The van der Waals surface area contributed by atoms with Crippen molar-refractivity contribution >= 4 is 0 Å². The fraction of sp³-hybridized carbons (Fsp3) is 0.478. The molecule has 1 N–H and O–H groups in total. The molecule has 2 aromatic rings. The minimum Gasteiger partial charge on any atom is -0.493 e. The van der Waals surface area contributed by atoms with Crippen LogP contribution in [0.25, 0.3) is 0 Å². The molecule has 5 heteroatoms. The number of methoxy groups -OCH3 is 2. The van der Waals surface area contributed by atoms with Gasteiger partial charge in [0.25, 0.3) is 0 Å². The quantitative estimate of drug-likeness (QED) is 0.597. The molecule has 0 spiro atoms. The highest BCUT2D eigenvalue weighted by Gasteiger charge is 2.15. The molecule has 0 aromatic heterocycles. The van der Waals surface area contributed by atoms with Crippen LogP contribution in [0.3, 0.4) is 0 Å². The molecule has 154 valence electrons. The van der Waals surface area contributed by atoms with Crippen LogP contribution in [0.5, 0.6) is 17.2 Å². The molecule has 0 aliphatic rings. The molecule has 0 saturated carbocycles. The van der Waals surface area contributed by atoms with Crippen molar-refractivity contribution in [1.29, 1.82) is 0 Å². The Balaban J connectivity index is 1.98. The minimum atomic E-state index is -0.562. The van der Waals surface area contributed by atoms with E-state index in [-0.39, 0.29) is 6.61 Å². The molecule has 0 radical (unpaired) electrons. The van der Waals surface area contributed by atoms with Gasteiger partial charge in [-0.3, -0.25) is 4.90 Å². The molecule has 0 aliphatic heterocycles. The van der Waals surface area contributed by atoms with Gasteiger partial charge in [0.15, 0.2) is 11.5 Å². The van der Waals surface area contributed by atoms with Crippen molar-refractivity contribution in [3.63, 3.8) is 0 Å². The summed E-state index contributed by atoms with van der Waals surface area (Å²) >= 11 is 0. The number of rotatable bonds is 12. The van der Waals surface area contributed by atoms with Crippen molar-refractivity contribution in [2.24, 2.45) is 5.92 Å².